The van der Waals surface area contributed by atoms with Crippen LogP contribution in [0, 0.1) is 19.8 Å². The van der Waals surface area contributed by atoms with E-state index in [2.05, 4.69) is 37.4 Å². The van der Waals surface area contributed by atoms with Gasteiger partial charge in [-0.05, 0) is 49.8 Å². The Kier molecular flexibility index (Phi) is 4.02. The van der Waals surface area contributed by atoms with E-state index in [1.54, 1.807) is 0 Å². The number of aryl methyl sites for hydroxylation is 2. The molecular formula is C15H22N2O. The molecular weight excluding hydrogens is 224 g/mol. The second kappa shape index (κ2) is 5.53. The highest BCUT2D eigenvalue weighted by Gasteiger charge is 2.31. The molecule has 1 aliphatic rings. The van der Waals surface area contributed by atoms with Crippen LogP contribution in [0.1, 0.15) is 29.5 Å². The number of carbonyl (C=O) groups excluding carboxylic acids is 1. The van der Waals surface area contributed by atoms with Crippen LogP contribution in [0.2, 0.25) is 0 Å². The van der Waals surface area contributed by atoms with E-state index in [0.717, 1.165) is 19.3 Å². The Bertz CT molecular complexity index is 436. The van der Waals surface area contributed by atoms with Gasteiger partial charge in [0.1, 0.15) is 0 Å². The van der Waals surface area contributed by atoms with Gasteiger partial charge >= 0.3 is 0 Å². The van der Waals surface area contributed by atoms with E-state index in [9.17, 15) is 4.79 Å². The van der Waals surface area contributed by atoms with Crippen LogP contribution in [0.15, 0.2) is 18.2 Å². The van der Waals surface area contributed by atoms with Crippen LogP contribution in [-0.4, -0.2) is 18.5 Å². The number of hydrogen-bond donors (Lipinski definition) is 2. The predicted octanol–water partition coefficient (Wildman–Crippen LogP) is 1.70. The lowest BCUT2D eigenvalue weighted by atomic mass is 9.80. The van der Waals surface area contributed by atoms with Gasteiger partial charge in [0.25, 0.3) is 0 Å². The fourth-order valence-corrected chi connectivity index (χ4v) is 2.31. The van der Waals surface area contributed by atoms with Gasteiger partial charge in [-0.3, -0.25) is 4.79 Å². The van der Waals surface area contributed by atoms with Gasteiger partial charge in [-0.25, -0.2) is 0 Å². The van der Waals surface area contributed by atoms with E-state index in [-0.39, 0.29) is 17.9 Å². The Labute approximate surface area is 109 Å². The van der Waals surface area contributed by atoms with Crippen LogP contribution in [-0.2, 0) is 11.2 Å². The maximum atomic E-state index is 11.7. The first kappa shape index (κ1) is 13.1. The molecule has 1 aliphatic carbocycles. The first-order valence-corrected chi connectivity index (χ1v) is 6.65. The summed E-state index contributed by atoms with van der Waals surface area (Å²) >= 11 is 0. The number of amides is 1. The first-order valence-electron chi connectivity index (χ1n) is 6.65. The highest BCUT2D eigenvalue weighted by atomic mass is 16.1. The Morgan fingerprint density at radius 3 is 2.67 bits per heavy atom. The van der Waals surface area contributed by atoms with Crippen molar-refractivity contribution in [3.8, 4) is 0 Å². The third-order valence-corrected chi connectivity index (χ3v) is 3.83. The molecule has 0 unspecified atom stereocenters. The number of rotatable bonds is 4. The Morgan fingerprint density at radius 2 is 2.06 bits per heavy atom. The monoisotopic (exact) mass is 246 g/mol. The summed E-state index contributed by atoms with van der Waals surface area (Å²) in [7, 11) is 0. The summed E-state index contributed by atoms with van der Waals surface area (Å²) in [6.45, 7) is 4.95. The summed E-state index contributed by atoms with van der Waals surface area (Å²) in [5, 5.41) is 2.99. The molecule has 0 heterocycles. The van der Waals surface area contributed by atoms with Crippen molar-refractivity contribution in [2.45, 2.75) is 39.2 Å². The Hall–Kier alpha value is -1.35. The minimum atomic E-state index is 0.153. The van der Waals surface area contributed by atoms with Gasteiger partial charge in [-0.15, -0.1) is 0 Å². The molecule has 0 spiro atoms. The van der Waals surface area contributed by atoms with E-state index in [0.29, 0.717) is 6.54 Å². The summed E-state index contributed by atoms with van der Waals surface area (Å²) in [5.74, 6) is 0.320. The number of hydrogen-bond acceptors (Lipinski definition) is 2. The lowest BCUT2D eigenvalue weighted by Gasteiger charge is -2.31. The van der Waals surface area contributed by atoms with E-state index in [1.807, 2.05) is 0 Å². The SMILES string of the molecule is Cc1ccc(CCNC(=O)C2CC(N)C2)cc1C. The molecule has 1 aromatic carbocycles. The largest absolute Gasteiger partial charge is 0.356 e. The maximum absolute atomic E-state index is 11.7. The van der Waals surface area contributed by atoms with Crippen molar-refractivity contribution in [3.63, 3.8) is 0 Å². The van der Waals surface area contributed by atoms with Gasteiger partial charge in [0.05, 0.1) is 0 Å². The van der Waals surface area contributed by atoms with Gasteiger partial charge in [-0.2, -0.15) is 0 Å². The summed E-state index contributed by atoms with van der Waals surface area (Å²) in [4.78, 5) is 11.7. The summed E-state index contributed by atoms with van der Waals surface area (Å²) in [6.07, 6.45) is 2.58. The van der Waals surface area contributed by atoms with Crippen LogP contribution in [0.4, 0.5) is 0 Å². The van der Waals surface area contributed by atoms with Gasteiger partial charge in [-0.1, -0.05) is 18.2 Å². The molecule has 0 atom stereocenters. The average molecular weight is 246 g/mol. The lowest BCUT2D eigenvalue weighted by Crippen LogP contribution is -2.45. The summed E-state index contributed by atoms with van der Waals surface area (Å²) < 4.78 is 0. The van der Waals surface area contributed by atoms with Crippen LogP contribution in [0.25, 0.3) is 0 Å². The van der Waals surface area contributed by atoms with Crippen LogP contribution >= 0.6 is 0 Å². The third-order valence-electron chi connectivity index (χ3n) is 3.83. The van der Waals surface area contributed by atoms with Gasteiger partial charge in [0.2, 0.25) is 5.91 Å². The number of nitrogens with one attached hydrogen (secondary N) is 1. The van der Waals surface area contributed by atoms with Crippen molar-refractivity contribution in [1.82, 2.24) is 5.32 Å². The van der Waals surface area contributed by atoms with E-state index >= 15 is 0 Å². The smallest absolute Gasteiger partial charge is 0.223 e. The van der Waals surface area contributed by atoms with Crippen LogP contribution in [0.3, 0.4) is 0 Å². The van der Waals surface area contributed by atoms with Crippen molar-refractivity contribution in [1.29, 1.82) is 0 Å². The average Bonchev–Trinajstić information content (AvgIpc) is 2.29. The zero-order valence-corrected chi connectivity index (χ0v) is 11.2. The van der Waals surface area contributed by atoms with Gasteiger partial charge in [0, 0.05) is 18.5 Å². The van der Waals surface area contributed by atoms with Crippen molar-refractivity contribution in [2.24, 2.45) is 11.7 Å². The fourth-order valence-electron chi connectivity index (χ4n) is 2.31. The van der Waals surface area contributed by atoms with Crippen LogP contribution < -0.4 is 11.1 Å². The molecule has 3 nitrogen and oxygen atoms in total. The van der Waals surface area contributed by atoms with E-state index in [1.165, 1.54) is 16.7 Å². The summed E-state index contributed by atoms with van der Waals surface area (Å²) in [5.41, 5.74) is 9.58. The van der Waals surface area contributed by atoms with Crippen molar-refractivity contribution in [3.05, 3.63) is 34.9 Å². The summed E-state index contributed by atoms with van der Waals surface area (Å²) in [6, 6.07) is 6.70. The highest BCUT2D eigenvalue weighted by Crippen LogP contribution is 2.25. The standard InChI is InChI=1S/C15H22N2O/c1-10-3-4-12(7-11(10)2)5-6-17-15(18)13-8-14(16)9-13/h3-4,7,13-14H,5-6,8-9,16H2,1-2H3,(H,17,18). The van der Waals surface area contributed by atoms with Crippen molar-refractivity contribution < 1.29 is 4.79 Å². The molecule has 0 saturated heterocycles. The van der Waals surface area contributed by atoms with Crippen molar-refractivity contribution in [2.75, 3.05) is 6.54 Å². The van der Waals surface area contributed by atoms with Gasteiger partial charge < -0.3 is 11.1 Å². The molecule has 1 fully saturated rings. The normalized spacial score (nSPS) is 22.4. The molecule has 0 aromatic heterocycles. The zero-order valence-electron chi connectivity index (χ0n) is 11.2. The molecule has 1 saturated carbocycles. The minimum absolute atomic E-state index is 0.153. The second-order valence-electron chi connectivity index (χ2n) is 5.39. The number of carbonyl (C=O) groups is 1. The predicted molar refractivity (Wildman–Crippen MR) is 73.3 cm³/mol. The zero-order chi connectivity index (χ0) is 13.1. The number of nitrogens with two attached hydrogens (primary N) is 1. The highest BCUT2D eigenvalue weighted by molar-refractivity contribution is 5.79. The van der Waals surface area contributed by atoms with Gasteiger partial charge in [0.15, 0.2) is 0 Å². The van der Waals surface area contributed by atoms with E-state index < -0.39 is 0 Å². The molecule has 18 heavy (non-hydrogen) atoms. The molecule has 0 aliphatic heterocycles. The fraction of sp³-hybridized carbons (Fsp3) is 0.533. The molecule has 3 N–H and O–H groups in total. The topological polar surface area (TPSA) is 55.1 Å². The lowest BCUT2D eigenvalue weighted by molar-refractivity contribution is -0.127. The third kappa shape index (κ3) is 3.10. The Balaban J connectivity index is 1.74. The molecule has 0 radical (unpaired) electrons. The van der Waals surface area contributed by atoms with E-state index in [4.69, 9.17) is 5.73 Å². The Morgan fingerprint density at radius 1 is 1.33 bits per heavy atom. The molecule has 3 heteroatoms. The number of benzene rings is 1. The maximum Gasteiger partial charge on any atom is 0.223 e. The quantitative estimate of drug-likeness (QED) is 0.849. The van der Waals surface area contributed by atoms with Crippen molar-refractivity contribution >= 4 is 5.91 Å². The molecule has 98 valence electrons. The molecule has 1 amide bonds. The molecule has 0 bridgehead atoms. The minimum Gasteiger partial charge on any atom is -0.356 e. The molecule has 1 aromatic rings. The second-order valence-corrected chi connectivity index (χ2v) is 5.39. The first-order chi connectivity index (χ1) is 8.56. The van der Waals surface area contributed by atoms with Crippen LogP contribution in [0.5, 0.6) is 0 Å². The molecule has 2 rings (SSSR count).